The number of hydrogen-bond acceptors (Lipinski definition) is 3. The maximum atomic E-state index is 11.7. The van der Waals surface area contributed by atoms with E-state index in [1.807, 2.05) is 6.92 Å². The van der Waals surface area contributed by atoms with Gasteiger partial charge in [-0.05, 0) is 6.42 Å². The topological polar surface area (TPSA) is 75.4 Å². The zero-order valence-corrected chi connectivity index (χ0v) is 9.67. The van der Waals surface area contributed by atoms with Crippen LogP contribution in [0, 0.1) is 5.92 Å². The highest BCUT2D eigenvalue weighted by molar-refractivity contribution is 5.98. The minimum absolute atomic E-state index is 0.0777. The van der Waals surface area contributed by atoms with Crippen molar-refractivity contribution in [1.29, 1.82) is 0 Å². The number of hydrogen-bond donors (Lipinski definition) is 1. The van der Waals surface area contributed by atoms with E-state index >= 15 is 0 Å². The largest absolute Gasteiger partial charge is 0.481 e. The van der Waals surface area contributed by atoms with Crippen LogP contribution < -0.4 is 4.90 Å². The highest BCUT2D eigenvalue weighted by atomic mass is 16.4. The minimum atomic E-state index is -0.915. The normalized spacial score (nSPS) is 19.9. The summed E-state index contributed by atoms with van der Waals surface area (Å²) in [4.78, 5) is 24.0. The van der Waals surface area contributed by atoms with Gasteiger partial charge in [-0.1, -0.05) is 6.92 Å². The van der Waals surface area contributed by atoms with Gasteiger partial charge >= 0.3 is 5.97 Å². The van der Waals surface area contributed by atoms with E-state index in [4.69, 9.17) is 5.11 Å². The van der Waals surface area contributed by atoms with Gasteiger partial charge in [0, 0.05) is 25.7 Å². The molecule has 0 bridgehead atoms. The Bertz CT molecular complexity index is 441. The molecule has 1 aromatic heterocycles. The fourth-order valence-electron chi connectivity index (χ4n) is 1.97. The third-order valence-corrected chi connectivity index (χ3v) is 2.86. The molecule has 1 aliphatic heterocycles. The maximum Gasteiger partial charge on any atom is 0.308 e. The number of carbonyl (C=O) groups is 2. The Morgan fingerprint density at radius 3 is 3.00 bits per heavy atom. The molecule has 0 aliphatic carbocycles. The Kier molecular flexibility index (Phi) is 3.12. The second-order valence-electron chi connectivity index (χ2n) is 4.21. The van der Waals surface area contributed by atoms with E-state index in [1.54, 1.807) is 17.1 Å². The van der Waals surface area contributed by atoms with E-state index in [0.717, 1.165) is 13.0 Å². The summed E-state index contributed by atoms with van der Waals surface area (Å²) in [5.41, 5.74) is 0.687. The average molecular weight is 237 g/mol. The molecule has 1 saturated heterocycles. The zero-order valence-electron chi connectivity index (χ0n) is 9.67. The molecule has 0 saturated carbocycles. The van der Waals surface area contributed by atoms with E-state index in [9.17, 15) is 9.59 Å². The SMILES string of the molecule is CCCn1cc(N2CC(C(=O)O)CC2=O)cn1. The Morgan fingerprint density at radius 2 is 2.41 bits per heavy atom. The summed E-state index contributed by atoms with van der Waals surface area (Å²) in [6.07, 6.45) is 4.44. The van der Waals surface area contributed by atoms with E-state index in [-0.39, 0.29) is 18.9 Å². The highest BCUT2D eigenvalue weighted by Gasteiger charge is 2.35. The first-order chi connectivity index (χ1) is 8.11. The van der Waals surface area contributed by atoms with E-state index in [0.29, 0.717) is 5.69 Å². The molecule has 0 aromatic carbocycles. The Hall–Kier alpha value is -1.85. The molecule has 0 spiro atoms. The Balaban J connectivity index is 2.11. The van der Waals surface area contributed by atoms with Gasteiger partial charge in [0.25, 0.3) is 0 Å². The number of nitrogens with zero attached hydrogens (tertiary/aromatic N) is 3. The van der Waals surface area contributed by atoms with Crippen molar-refractivity contribution in [2.24, 2.45) is 5.92 Å². The van der Waals surface area contributed by atoms with Gasteiger partial charge in [0.2, 0.25) is 5.91 Å². The van der Waals surface area contributed by atoms with Crippen molar-refractivity contribution in [2.45, 2.75) is 26.3 Å². The molecule has 1 unspecified atom stereocenters. The Morgan fingerprint density at radius 1 is 1.65 bits per heavy atom. The fourth-order valence-corrected chi connectivity index (χ4v) is 1.97. The zero-order chi connectivity index (χ0) is 12.4. The third kappa shape index (κ3) is 2.30. The predicted octanol–water partition coefficient (Wildman–Crippen LogP) is 0.731. The van der Waals surface area contributed by atoms with E-state index in [2.05, 4.69) is 5.10 Å². The summed E-state index contributed by atoms with van der Waals surface area (Å²) >= 11 is 0. The summed E-state index contributed by atoms with van der Waals surface area (Å²) in [6.45, 7) is 3.08. The van der Waals surface area contributed by atoms with Crippen LogP contribution >= 0.6 is 0 Å². The molecule has 6 nitrogen and oxygen atoms in total. The molecule has 1 atom stereocenters. The molecule has 17 heavy (non-hydrogen) atoms. The van der Waals surface area contributed by atoms with Crippen LogP contribution in [0.5, 0.6) is 0 Å². The van der Waals surface area contributed by atoms with Crippen molar-refractivity contribution < 1.29 is 14.7 Å². The molecule has 1 fully saturated rings. The lowest BCUT2D eigenvalue weighted by molar-refractivity contribution is -0.141. The molecular weight excluding hydrogens is 222 g/mol. The van der Waals surface area contributed by atoms with Crippen LogP contribution in [0.4, 0.5) is 5.69 Å². The number of carbonyl (C=O) groups excluding carboxylic acids is 1. The highest BCUT2D eigenvalue weighted by Crippen LogP contribution is 2.24. The van der Waals surface area contributed by atoms with Gasteiger partial charge in [-0.3, -0.25) is 14.3 Å². The lowest BCUT2D eigenvalue weighted by Gasteiger charge is -2.12. The molecule has 1 N–H and O–H groups in total. The minimum Gasteiger partial charge on any atom is -0.481 e. The average Bonchev–Trinajstić information content (AvgIpc) is 2.85. The molecule has 1 aromatic rings. The molecule has 2 rings (SSSR count). The number of aliphatic carboxylic acids is 1. The standard InChI is InChI=1S/C11H15N3O3/c1-2-3-13-7-9(5-12-13)14-6-8(11(16)17)4-10(14)15/h5,7-8H,2-4,6H2,1H3,(H,16,17). The Labute approximate surface area is 98.8 Å². The number of amides is 1. The molecule has 0 radical (unpaired) electrons. The van der Waals surface area contributed by atoms with Crippen LogP contribution in [0.25, 0.3) is 0 Å². The summed E-state index contributed by atoms with van der Waals surface area (Å²) < 4.78 is 1.76. The van der Waals surface area contributed by atoms with Crippen LogP contribution in [0.15, 0.2) is 12.4 Å². The van der Waals surface area contributed by atoms with E-state index in [1.165, 1.54) is 4.90 Å². The quantitative estimate of drug-likeness (QED) is 0.837. The van der Waals surface area contributed by atoms with Crippen molar-refractivity contribution in [3.8, 4) is 0 Å². The van der Waals surface area contributed by atoms with Crippen LogP contribution in [-0.2, 0) is 16.1 Å². The van der Waals surface area contributed by atoms with Crippen molar-refractivity contribution in [3.63, 3.8) is 0 Å². The summed E-state index contributed by atoms with van der Waals surface area (Å²) in [6, 6.07) is 0. The maximum absolute atomic E-state index is 11.7. The summed E-state index contributed by atoms with van der Waals surface area (Å²) in [5, 5.41) is 13.0. The van der Waals surface area contributed by atoms with Gasteiger partial charge in [0.1, 0.15) is 0 Å². The van der Waals surface area contributed by atoms with Crippen molar-refractivity contribution in [2.75, 3.05) is 11.4 Å². The van der Waals surface area contributed by atoms with Crippen molar-refractivity contribution in [1.82, 2.24) is 9.78 Å². The van der Waals surface area contributed by atoms with Crippen LogP contribution in [0.2, 0.25) is 0 Å². The second-order valence-corrected chi connectivity index (χ2v) is 4.21. The molecule has 2 heterocycles. The van der Waals surface area contributed by atoms with Gasteiger partial charge in [0.15, 0.2) is 0 Å². The molecular formula is C11H15N3O3. The summed E-state index contributed by atoms with van der Waals surface area (Å²) in [5.74, 6) is -1.66. The first-order valence-electron chi connectivity index (χ1n) is 5.67. The van der Waals surface area contributed by atoms with Crippen LogP contribution in [0.3, 0.4) is 0 Å². The number of aryl methyl sites for hydroxylation is 1. The van der Waals surface area contributed by atoms with Gasteiger partial charge in [-0.25, -0.2) is 0 Å². The number of aromatic nitrogens is 2. The van der Waals surface area contributed by atoms with Gasteiger partial charge in [0.05, 0.1) is 17.8 Å². The lowest BCUT2D eigenvalue weighted by atomic mass is 10.1. The number of carboxylic acids is 1. The first kappa shape index (κ1) is 11.6. The van der Waals surface area contributed by atoms with Crippen LogP contribution in [0.1, 0.15) is 19.8 Å². The first-order valence-corrected chi connectivity index (χ1v) is 5.67. The van der Waals surface area contributed by atoms with Gasteiger partial charge in [-0.2, -0.15) is 5.10 Å². The van der Waals surface area contributed by atoms with Gasteiger partial charge in [-0.15, -0.1) is 0 Å². The van der Waals surface area contributed by atoms with Crippen LogP contribution in [-0.4, -0.2) is 33.3 Å². The monoisotopic (exact) mass is 237 g/mol. The van der Waals surface area contributed by atoms with Crippen molar-refractivity contribution >= 4 is 17.6 Å². The lowest BCUT2D eigenvalue weighted by Crippen LogP contribution is -2.25. The van der Waals surface area contributed by atoms with Gasteiger partial charge < -0.3 is 10.0 Å². The number of rotatable bonds is 4. The smallest absolute Gasteiger partial charge is 0.308 e. The number of anilines is 1. The second kappa shape index (κ2) is 4.57. The number of carboxylic acid groups (broad SMARTS) is 1. The van der Waals surface area contributed by atoms with E-state index < -0.39 is 11.9 Å². The third-order valence-electron chi connectivity index (χ3n) is 2.86. The molecule has 1 amide bonds. The fraction of sp³-hybridized carbons (Fsp3) is 0.545. The molecule has 6 heteroatoms. The van der Waals surface area contributed by atoms with Crippen molar-refractivity contribution in [3.05, 3.63) is 12.4 Å². The molecule has 92 valence electrons. The summed E-state index contributed by atoms with van der Waals surface area (Å²) in [7, 11) is 0. The predicted molar refractivity (Wildman–Crippen MR) is 60.6 cm³/mol. The molecule has 1 aliphatic rings.